The smallest absolute Gasteiger partial charge is 0.294 e. The van der Waals surface area contributed by atoms with Crippen molar-refractivity contribution in [2.75, 3.05) is 19.0 Å². The maximum Gasteiger partial charge on any atom is 0.294 e. The lowest BCUT2D eigenvalue weighted by molar-refractivity contribution is -0.127. The van der Waals surface area contributed by atoms with Crippen LogP contribution in [-0.4, -0.2) is 35.6 Å². The second kappa shape index (κ2) is 11.7. The van der Waals surface area contributed by atoms with Crippen LogP contribution in [0.4, 0.5) is 10.5 Å². The molecule has 0 aromatic heterocycles. The summed E-state index contributed by atoms with van der Waals surface area (Å²) in [6.45, 7) is 1.69. The topological polar surface area (TPSA) is 84.9 Å². The molecule has 0 spiro atoms. The molecular weight excluding hydrogens is 535 g/mol. The Hall–Kier alpha value is -3.46. The summed E-state index contributed by atoms with van der Waals surface area (Å²) in [5.74, 6) is -0.0734. The number of para-hydroxylation sites is 1. The second-order valence-corrected chi connectivity index (χ2v) is 9.90. The van der Waals surface area contributed by atoms with Crippen molar-refractivity contribution in [2.24, 2.45) is 0 Å². The normalized spacial score (nSPS) is 14.3. The van der Waals surface area contributed by atoms with Gasteiger partial charge in [0.2, 0.25) is 5.91 Å². The molecule has 10 heteroatoms. The maximum atomic E-state index is 12.9. The number of imide groups is 1. The minimum atomic E-state index is -0.536. The van der Waals surface area contributed by atoms with Crippen molar-refractivity contribution in [1.82, 2.24) is 4.90 Å². The molecule has 4 rings (SSSR count). The van der Waals surface area contributed by atoms with E-state index in [9.17, 15) is 14.4 Å². The quantitative estimate of drug-likeness (QED) is 0.316. The van der Waals surface area contributed by atoms with E-state index >= 15 is 0 Å². The van der Waals surface area contributed by atoms with Gasteiger partial charge in [-0.2, -0.15) is 0 Å². The van der Waals surface area contributed by atoms with Gasteiger partial charge >= 0.3 is 0 Å². The number of thioether (sulfide) groups is 1. The fourth-order valence-electron chi connectivity index (χ4n) is 3.52. The van der Waals surface area contributed by atoms with E-state index in [4.69, 9.17) is 32.7 Å². The van der Waals surface area contributed by atoms with Gasteiger partial charge in [-0.15, -0.1) is 0 Å². The fraction of sp³-hybridized carbons (Fsp3) is 0.148. The maximum absolute atomic E-state index is 12.9. The summed E-state index contributed by atoms with van der Waals surface area (Å²) in [6, 6.07) is 17.5. The average molecular weight is 557 g/mol. The molecule has 3 aromatic carbocycles. The molecule has 1 aliphatic rings. The first-order chi connectivity index (χ1) is 17.7. The molecule has 1 N–H and O–H groups in total. The SMILES string of the molecule is COc1cc(/C=C2/SC(=O)N(CC(=O)Nc3ccccc3C)C2=O)ccc1OCc1ccc(Cl)cc1Cl. The largest absolute Gasteiger partial charge is 0.493 e. The highest BCUT2D eigenvalue weighted by molar-refractivity contribution is 8.18. The Morgan fingerprint density at radius 1 is 1.05 bits per heavy atom. The fourth-order valence-corrected chi connectivity index (χ4v) is 4.82. The molecule has 1 saturated heterocycles. The van der Waals surface area contributed by atoms with E-state index in [1.807, 2.05) is 19.1 Å². The van der Waals surface area contributed by atoms with Crippen LogP contribution >= 0.6 is 35.0 Å². The number of nitrogens with one attached hydrogen (secondary N) is 1. The Morgan fingerprint density at radius 2 is 1.84 bits per heavy atom. The summed E-state index contributed by atoms with van der Waals surface area (Å²) < 4.78 is 11.3. The molecule has 0 atom stereocenters. The molecule has 7 nitrogen and oxygen atoms in total. The third-order valence-electron chi connectivity index (χ3n) is 5.48. The van der Waals surface area contributed by atoms with Crippen molar-refractivity contribution >= 4 is 63.8 Å². The number of carbonyl (C=O) groups excluding carboxylic acids is 3. The highest BCUT2D eigenvalue weighted by Gasteiger charge is 2.36. The summed E-state index contributed by atoms with van der Waals surface area (Å²) in [6.07, 6.45) is 1.58. The summed E-state index contributed by atoms with van der Waals surface area (Å²) in [7, 11) is 1.50. The Labute approximate surface area is 228 Å². The van der Waals surface area contributed by atoms with Crippen molar-refractivity contribution in [2.45, 2.75) is 13.5 Å². The number of ether oxygens (including phenoxy) is 2. The number of hydrogen-bond donors (Lipinski definition) is 1. The number of aryl methyl sites for hydroxylation is 1. The summed E-state index contributed by atoms with van der Waals surface area (Å²) in [4.78, 5) is 38.9. The predicted octanol–water partition coefficient (Wildman–Crippen LogP) is 6.56. The number of anilines is 1. The highest BCUT2D eigenvalue weighted by Crippen LogP contribution is 2.35. The first-order valence-electron chi connectivity index (χ1n) is 11.1. The Balaban J connectivity index is 1.44. The molecule has 0 saturated carbocycles. The van der Waals surface area contributed by atoms with Gasteiger partial charge in [0.15, 0.2) is 11.5 Å². The van der Waals surface area contributed by atoms with Gasteiger partial charge in [0.25, 0.3) is 11.1 Å². The number of nitrogens with zero attached hydrogens (tertiary/aromatic N) is 1. The standard InChI is InChI=1S/C27H22Cl2N2O5S/c1-16-5-3-4-6-21(16)30-25(32)14-31-26(33)24(37-27(31)34)12-17-7-10-22(23(11-17)35-2)36-15-18-8-9-19(28)13-20(18)29/h3-13H,14-15H2,1-2H3,(H,30,32)/b24-12+. The molecule has 0 radical (unpaired) electrons. The number of halogens is 2. The van der Waals surface area contributed by atoms with Gasteiger partial charge in [0, 0.05) is 21.3 Å². The van der Waals surface area contributed by atoms with Crippen LogP contribution in [0.3, 0.4) is 0 Å². The minimum absolute atomic E-state index is 0.204. The summed E-state index contributed by atoms with van der Waals surface area (Å²) in [5.41, 5.74) is 2.89. The van der Waals surface area contributed by atoms with E-state index in [0.717, 1.165) is 27.8 Å². The lowest BCUT2D eigenvalue weighted by Gasteiger charge is -2.13. The van der Waals surface area contributed by atoms with Crippen LogP contribution in [0.25, 0.3) is 6.08 Å². The Kier molecular flexibility index (Phi) is 8.43. The second-order valence-electron chi connectivity index (χ2n) is 8.07. The third kappa shape index (κ3) is 6.46. The number of rotatable bonds is 8. The monoisotopic (exact) mass is 556 g/mol. The molecule has 1 aliphatic heterocycles. The third-order valence-corrected chi connectivity index (χ3v) is 6.97. The number of methoxy groups -OCH3 is 1. The van der Waals surface area contributed by atoms with Crippen molar-refractivity contribution < 1.29 is 23.9 Å². The molecule has 0 aliphatic carbocycles. The van der Waals surface area contributed by atoms with Crippen LogP contribution in [0.5, 0.6) is 11.5 Å². The number of benzene rings is 3. The molecule has 190 valence electrons. The van der Waals surface area contributed by atoms with Gasteiger partial charge in [-0.1, -0.05) is 53.5 Å². The number of hydrogen-bond acceptors (Lipinski definition) is 6. The molecule has 3 aromatic rings. The zero-order valence-electron chi connectivity index (χ0n) is 19.9. The molecular formula is C27H22Cl2N2O5S. The summed E-state index contributed by atoms with van der Waals surface area (Å²) >= 11 is 12.9. The number of amides is 3. The molecule has 1 heterocycles. The molecule has 3 amide bonds. The van der Waals surface area contributed by atoms with Crippen LogP contribution in [-0.2, 0) is 16.2 Å². The molecule has 37 heavy (non-hydrogen) atoms. The van der Waals surface area contributed by atoms with Crippen LogP contribution < -0.4 is 14.8 Å². The van der Waals surface area contributed by atoms with E-state index in [2.05, 4.69) is 5.32 Å². The Bertz CT molecular complexity index is 1410. The van der Waals surface area contributed by atoms with Crippen molar-refractivity contribution in [1.29, 1.82) is 0 Å². The number of carbonyl (C=O) groups is 3. The molecule has 0 bridgehead atoms. The van der Waals surface area contributed by atoms with E-state index in [1.54, 1.807) is 54.6 Å². The first-order valence-corrected chi connectivity index (χ1v) is 12.7. The van der Waals surface area contributed by atoms with Crippen LogP contribution in [0.15, 0.2) is 65.6 Å². The van der Waals surface area contributed by atoms with Crippen LogP contribution in [0, 0.1) is 6.92 Å². The van der Waals surface area contributed by atoms with Gasteiger partial charge in [0.05, 0.1) is 12.0 Å². The lowest BCUT2D eigenvalue weighted by Crippen LogP contribution is -2.36. The molecule has 0 unspecified atom stereocenters. The lowest BCUT2D eigenvalue weighted by atomic mass is 10.1. The van der Waals surface area contributed by atoms with Crippen molar-refractivity contribution in [3.05, 3.63) is 92.3 Å². The van der Waals surface area contributed by atoms with Gasteiger partial charge in [-0.25, -0.2) is 0 Å². The summed E-state index contributed by atoms with van der Waals surface area (Å²) in [5, 5.41) is 3.25. The van der Waals surface area contributed by atoms with Gasteiger partial charge < -0.3 is 14.8 Å². The average Bonchev–Trinajstić information content (AvgIpc) is 3.12. The first kappa shape index (κ1) is 26.6. The Morgan fingerprint density at radius 3 is 2.57 bits per heavy atom. The van der Waals surface area contributed by atoms with Gasteiger partial charge in [0.1, 0.15) is 13.2 Å². The zero-order chi connectivity index (χ0) is 26.5. The minimum Gasteiger partial charge on any atom is -0.493 e. The van der Waals surface area contributed by atoms with Crippen LogP contribution in [0.2, 0.25) is 10.0 Å². The highest BCUT2D eigenvalue weighted by atomic mass is 35.5. The zero-order valence-corrected chi connectivity index (χ0v) is 22.2. The van der Waals surface area contributed by atoms with Crippen molar-refractivity contribution in [3.63, 3.8) is 0 Å². The van der Waals surface area contributed by atoms with E-state index in [-0.39, 0.29) is 18.1 Å². The van der Waals surface area contributed by atoms with Crippen LogP contribution in [0.1, 0.15) is 16.7 Å². The van der Waals surface area contributed by atoms with E-state index in [0.29, 0.717) is 32.8 Å². The van der Waals surface area contributed by atoms with Gasteiger partial charge in [-0.05, 0) is 66.2 Å². The van der Waals surface area contributed by atoms with E-state index in [1.165, 1.54) is 7.11 Å². The van der Waals surface area contributed by atoms with Crippen molar-refractivity contribution in [3.8, 4) is 11.5 Å². The predicted molar refractivity (Wildman–Crippen MR) is 146 cm³/mol. The van der Waals surface area contributed by atoms with E-state index < -0.39 is 17.1 Å². The molecule has 1 fully saturated rings. The van der Waals surface area contributed by atoms with Gasteiger partial charge in [-0.3, -0.25) is 19.3 Å².